The van der Waals surface area contributed by atoms with E-state index in [1.54, 1.807) is 0 Å². The molecule has 0 heterocycles. The van der Waals surface area contributed by atoms with Gasteiger partial charge in [-0.3, -0.25) is 9.59 Å². The summed E-state index contributed by atoms with van der Waals surface area (Å²) in [5.41, 5.74) is 0.399. The molecule has 6 heteroatoms. The Morgan fingerprint density at radius 3 is 1.64 bits per heavy atom. The Morgan fingerprint density at radius 2 is 1.24 bits per heavy atom. The van der Waals surface area contributed by atoms with Crippen molar-refractivity contribution in [2.24, 2.45) is 0 Å². The van der Waals surface area contributed by atoms with Crippen LogP contribution in [0.5, 0.6) is 0 Å². The van der Waals surface area contributed by atoms with Gasteiger partial charge in [0.15, 0.2) is 11.0 Å². The topological polar surface area (TPSA) is 54.4 Å². The monoisotopic (exact) mass is 392 g/mol. The van der Waals surface area contributed by atoms with Gasteiger partial charge in [-0.15, -0.1) is 0 Å². The van der Waals surface area contributed by atoms with Crippen LogP contribution in [-0.4, -0.2) is 53.4 Å². The zero-order valence-corrected chi connectivity index (χ0v) is 18.9. The molecule has 0 aromatic rings. The van der Waals surface area contributed by atoms with Crippen LogP contribution in [0.1, 0.15) is 78.1 Å². The summed E-state index contributed by atoms with van der Waals surface area (Å²) in [5.74, 6) is -0.867. The van der Waals surface area contributed by atoms with E-state index >= 15 is 0 Å². The van der Waals surface area contributed by atoms with Gasteiger partial charge in [-0.2, -0.15) is 0 Å². The van der Waals surface area contributed by atoms with Crippen molar-refractivity contribution in [1.82, 2.24) is 0 Å². The Bertz CT molecular complexity index is 383. The number of rotatable bonds is 16. The number of unbranched alkanes of at least 4 members (excludes halogenated alkanes) is 6. The van der Waals surface area contributed by atoms with Gasteiger partial charge in [0.05, 0.1) is 21.1 Å². The van der Waals surface area contributed by atoms with E-state index in [0.717, 1.165) is 44.9 Å². The number of hydrogen-bond acceptors (Lipinski definition) is 3. The van der Waals surface area contributed by atoms with Gasteiger partial charge in [0.25, 0.3) is 0 Å². The molecule has 0 aliphatic carbocycles. The van der Waals surface area contributed by atoms with Gasteiger partial charge < -0.3 is 9.59 Å². The van der Waals surface area contributed by atoms with Crippen LogP contribution in [0.4, 0.5) is 0 Å². The van der Waals surface area contributed by atoms with Crippen LogP contribution in [-0.2, 0) is 9.59 Å². The molecule has 0 radical (unpaired) electrons. The fraction of sp³-hybridized carbons (Fsp3) is 0.895. The Balaban J connectivity index is 4.45. The van der Waals surface area contributed by atoms with Crippen LogP contribution in [0, 0.1) is 0 Å². The van der Waals surface area contributed by atoms with Crippen LogP contribution in [0.15, 0.2) is 0 Å². The Kier molecular flexibility index (Phi) is 14.3. The zero-order valence-electron chi connectivity index (χ0n) is 16.9. The number of likely N-dealkylation sites (N-methyl/N-ethyl adjacent to an activating group) is 1. The first-order valence-corrected chi connectivity index (χ1v) is 12.0. The van der Waals surface area contributed by atoms with Crippen LogP contribution in [0.25, 0.3) is 0 Å². The minimum atomic E-state index is -0.698. The van der Waals surface area contributed by atoms with Crippen LogP contribution < -0.4 is 0 Å². The van der Waals surface area contributed by atoms with E-state index < -0.39 is 5.85 Å². The maximum absolute atomic E-state index is 12.3. The minimum Gasteiger partial charge on any atom is -0.382 e. The smallest absolute Gasteiger partial charge is 0.157 e. The number of carbonyl (C=O) groups is 2. The minimum absolute atomic E-state index is 0.0807. The molecular formula is C19H40NO3P2+. The lowest BCUT2D eigenvalue weighted by Crippen LogP contribution is -2.48. The van der Waals surface area contributed by atoms with Gasteiger partial charge in [0.2, 0.25) is 0 Å². The Hall–Kier alpha value is 0.120. The Morgan fingerprint density at radius 1 is 0.800 bits per heavy atom. The van der Waals surface area contributed by atoms with Gasteiger partial charge in [-0.1, -0.05) is 52.4 Å². The molecule has 4 atom stereocenters. The van der Waals surface area contributed by atoms with Crippen LogP contribution >= 0.6 is 17.2 Å². The highest BCUT2D eigenvalue weighted by molar-refractivity contribution is 7.62. The molecule has 148 valence electrons. The largest absolute Gasteiger partial charge is 0.382 e. The second-order valence-electron chi connectivity index (χ2n) is 7.76. The SMILES string of the molecule is CCCCCCC(=O)PC(O)C(PC(=O)CCCCCC)[N+](C)(C)C. The molecule has 25 heavy (non-hydrogen) atoms. The molecule has 0 saturated heterocycles. The van der Waals surface area contributed by atoms with Gasteiger partial charge in [-0.05, 0) is 21.4 Å². The molecule has 0 saturated carbocycles. The summed E-state index contributed by atoms with van der Waals surface area (Å²) in [5, 5.41) is 10.6. The average molecular weight is 392 g/mol. The maximum Gasteiger partial charge on any atom is 0.157 e. The van der Waals surface area contributed by atoms with E-state index in [0.29, 0.717) is 17.3 Å². The molecule has 1 N–H and O–H groups in total. The van der Waals surface area contributed by atoms with Crippen molar-refractivity contribution in [2.75, 3.05) is 21.1 Å². The maximum atomic E-state index is 12.3. The molecule has 0 rings (SSSR count). The third-order valence-electron chi connectivity index (χ3n) is 4.27. The van der Waals surface area contributed by atoms with Gasteiger partial charge in [-0.25, -0.2) is 0 Å². The molecule has 0 spiro atoms. The normalized spacial score (nSPS) is 15.3. The number of nitrogens with zero attached hydrogens (tertiary/aromatic N) is 1. The van der Waals surface area contributed by atoms with E-state index in [1.165, 1.54) is 6.42 Å². The van der Waals surface area contributed by atoms with Gasteiger partial charge in [0, 0.05) is 21.4 Å². The average Bonchev–Trinajstić information content (AvgIpc) is 2.52. The zero-order chi connectivity index (χ0) is 19.3. The van der Waals surface area contributed by atoms with E-state index in [4.69, 9.17) is 0 Å². The lowest BCUT2D eigenvalue weighted by atomic mass is 10.2. The summed E-state index contributed by atoms with van der Waals surface area (Å²) in [7, 11) is 5.99. The number of quaternary nitrogens is 1. The summed E-state index contributed by atoms with van der Waals surface area (Å²) >= 11 is 0. The lowest BCUT2D eigenvalue weighted by Gasteiger charge is -2.36. The Labute approximate surface area is 158 Å². The second-order valence-corrected chi connectivity index (χ2v) is 10.6. The summed E-state index contributed by atoms with van der Waals surface area (Å²) in [6.07, 6.45) is 9.87. The molecular weight excluding hydrogens is 352 g/mol. The van der Waals surface area contributed by atoms with Crippen LogP contribution in [0.2, 0.25) is 0 Å². The molecule has 0 bridgehead atoms. The number of carbonyl (C=O) groups excluding carboxylic acids is 2. The highest BCUT2D eigenvalue weighted by atomic mass is 31.1. The molecule has 0 aromatic heterocycles. The predicted molar refractivity (Wildman–Crippen MR) is 112 cm³/mol. The predicted octanol–water partition coefficient (Wildman–Crippen LogP) is 4.69. The first kappa shape index (κ1) is 25.1. The lowest BCUT2D eigenvalue weighted by molar-refractivity contribution is -0.883. The molecule has 4 unspecified atom stereocenters. The summed E-state index contributed by atoms with van der Waals surface area (Å²) in [6, 6.07) is 0. The molecule has 0 fully saturated rings. The van der Waals surface area contributed by atoms with Crippen molar-refractivity contribution < 1.29 is 19.2 Å². The quantitative estimate of drug-likeness (QED) is 0.236. The highest BCUT2D eigenvalue weighted by Crippen LogP contribution is 2.38. The van der Waals surface area contributed by atoms with Crippen molar-refractivity contribution in [3.63, 3.8) is 0 Å². The van der Waals surface area contributed by atoms with Crippen molar-refractivity contribution in [1.29, 1.82) is 0 Å². The highest BCUT2D eigenvalue weighted by Gasteiger charge is 2.34. The number of aliphatic hydroxyl groups is 1. The first-order chi connectivity index (χ1) is 11.7. The molecule has 0 aliphatic rings. The fourth-order valence-corrected chi connectivity index (χ4v) is 5.63. The van der Waals surface area contributed by atoms with Crippen molar-refractivity contribution in [3.05, 3.63) is 0 Å². The third-order valence-corrected chi connectivity index (χ3v) is 7.74. The standard InChI is InChI=1S/C19H40NO3P2/c1-6-8-10-12-14-16(21)24-18(20(3,4)5)19(23)25-17(22)15-13-11-9-7-2/h18-19,23-25H,6-15H2,1-5H3/q+1. The van der Waals surface area contributed by atoms with Gasteiger partial charge >= 0.3 is 0 Å². The number of aliphatic hydroxyl groups excluding tert-OH is 1. The van der Waals surface area contributed by atoms with E-state index in [1.807, 2.05) is 21.1 Å². The number of hydrogen-bond donors (Lipinski definition) is 1. The third kappa shape index (κ3) is 13.0. The van der Waals surface area contributed by atoms with Gasteiger partial charge in [0.1, 0.15) is 11.6 Å². The summed E-state index contributed by atoms with van der Waals surface area (Å²) in [6.45, 7) is 4.31. The van der Waals surface area contributed by atoms with Crippen molar-refractivity contribution >= 4 is 28.2 Å². The summed E-state index contributed by atoms with van der Waals surface area (Å²) < 4.78 is 0.524. The second kappa shape index (κ2) is 14.2. The van der Waals surface area contributed by atoms with Crippen LogP contribution in [0.3, 0.4) is 0 Å². The molecule has 0 aromatic carbocycles. The van der Waals surface area contributed by atoms with E-state index in [2.05, 4.69) is 13.8 Å². The van der Waals surface area contributed by atoms with E-state index in [9.17, 15) is 14.7 Å². The van der Waals surface area contributed by atoms with Crippen molar-refractivity contribution in [3.8, 4) is 0 Å². The molecule has 0 aliphatic heterocycles. The summed E-state index contributed by atoms with van der Waals surface area (Å²) in [4.78, 5) is 24.4. The fourth-order valence-electron chi connectivity index (χ4n) is 2.67. The first-order valence-electron chi connectivity index (χ1n) is 9.80. The molecule has 4 nitrogen and oxygen atoms in total. The van der Waals surface area contributed by atoms with E-state index in [-0.39, 0.29) is 34.0 Å². The molecule has 0 amide bonds. The van der Waals surface area contributed by atoms with Crippen molar-refractivity contribution in [2.45, 2.75) is 89.7 Å².